The molecule has 0 bridgehead atoms. The zero-order valence-corrected chi connectivity index (χ0v) is 12.6. The molecule has 5 nitrogen and oxygen atoms in total. The van der Waals surface area contributed by atoms with E-state index in [1.54, 1.807) is 0 Å². The van der Waals surface area contributed by atoms with Gasteiger partial charge in [-0.2, -0.15) is 4.98 Å². The first-order chi connectivity index (χ1) is 9.74. The van der Waals surface area contributed by atoms with Crippen LogP contribution in [0.5, 0.6) is 0 Å². The van der Waals surface area contributed by atoms with E-state index in [-0.39, 0.29) is 0 Å². The summed E-state index contributed by atoms with van der Waals surface area (Å²) in [5.74, 6) is 2.81. The van der Waals surface area contributed by atoms with Crippen molar-refractivity contribution in [3.05, 3.63) is 11.8 Å². The molecular weight excluding hydrogens is 250 g/mol. The van der Waals surface area contributed by atoms with Crippen molar-refractivity contribution in [3.8, 4) is 0 Å². The van der Waals surface area contributed by atoms with E-state index < -0.39 is 0 Å². The highest BCUT2D eigenvalue weighted by atomic mass is 15.3. The molecule has 110 valence electrons. The lowest BCUT2D eigenvalue weighted by molar-refractivity contribution is 0.247. The van der Waals surface area contributed by atoms with E-state index >= 15 is 0 Å². The van der Waals surface area contributed by atoms with E-state index in [0.717, 1.165) is 56.1 Å². The minimum absolute atomic E-state index is 0.753. The average Bonchev–Trinajstić information content (AvgIpc) is 3.23. The fourth-order valence-corrected chi connectivity index (χ4v) is 2.78. The zero-order valence-electron chi connectivity index (χ0n) is 12.6. The number of nitrogens with zero attached hydrogens (tertiary/aromatic N) is 4. The highest BCUT2D eigenvalue weighted by Crippen LogP contribution is 2.30. The van der Waals surface area contributed by atoms with Gasteiger partial charge in [-0.1, -0.05) is 0 Å². The van der Waals surface area contributed by atoms with Gasteiger partial charge in [-0.15, -0.1) is 0 Å². The van der Waals surface area contributed by atoms with Crippen LogP contribution in [0.3, 0.4) is 0 Å². The van der Waals surface area contributed by atoms with Gasteiger partial charge >= 0.3 is 0 Å². The summed E-state index contributed by atoms with van der Waals surface area (Å²) in [7, 11) is 0. The van der Waals surface area contributed by atoms with E-state index in [0.29, 0.717) is 0 Å². The summed E-state index contributed by atoms with van der Waals surface area (Å²) >= 11 is 0. The summed E-state index contributed by atoms with van der Waals surface area (Å²) < 4.78 is 0. The Labute approximate surface area is 121 Å². The summed E-state index contributed by atoms with van der Waals surface area (Å²) in [6.07, 6.45) is 2.88. The monoisotopic (exact) mass is 275 g/mol. The number of hydrogen-bond donors (Lipinski definition) is 1. The van der Waals surface area contributed by atoms with Crippen LogP contribution in [0.2, 0.25) is 0 Å². The first-order valence-corrected chi connectivity index (χ1v) is 7.81. The van der Waals surface area contributed by atoms with Gasteiger partial charge in [0.05, 0.1) is 0 Å². The van der Waals surface area contributed by atoms with Crippen LogP contribution in [0.25, 0.3) is 0 Å². The fraction of sp³-hybridized carbons (Fsp3) is 0.733. The predicted octanol–water partition coefficient (Wildman–Crippen LogP) is 1.75. The minimum Gasteiger partial charge on any atom is -0.354 e. The van der Waals surface area contributed by atoms with Crippen LogP contribution in [0.15, 0.2) is 6.07 Å². The van der Waals surface area contributed by atoms with Crippen LogP contribution in [-0.2, 0) is 0 Å². The second kappa shape index (κ2) is 5.95. The Morgan fingerprint density at radius 1 is 1.20 bits per heavy atom. The molecule has 1 N–H and O–H groups in total. The number of piperazine rings is 1. The molecule has 2 fully saturated rings. The van der Waals surface area contributed by atoms with Crippen molar-refractivity contribution in [1.29, 1.82) is 0 Å². The Morgan fingerprint density at radius 3 is 2.60 bits per heavy atom. The molecule has 5 heteroatoms. The van der Waals surface area contributed by atoms with Crippen LogP contribution < -0.4 is 10.2 Å². The Morgan fingerprint density at radius 2 is 1.95 bits per heavy atom. The van der Waals surface area contributed by atoms with E-state index in [1.807, 2.05) is 6.92 Å². The summed E-state index contributed by atoms with van der Waals surface area (Å²) in [6.45, 7) is 10.8. The van der Waals surface area contributed by atoms with Crippen LogP contribution in [0.4, 0.5) is 11.8 Å². The van der Waals surface area contributed by atoms with E-state index in [1.165, 1.54) is 19.4 Å². The quantitative estimate of drug-likeness (QED) is 0.887. The molecule has 1 saturated heterocycles. The van der Waals surface area contributed by atoms with Crippen molar-refractivity contribution in [1.82, 2.24) is 14.9 Å². The van der Waals surface area contributed by atoms with Crippen molar-refractivity contribution < 1.29 is 0 Å². The van der Waals surface area contributed by atoms with Crippen LogP contribution >= 0.6 is 0 Å². The molecule has 0 aromatic carbocycles. The highest BCUT2D eigenvalue weighted by molar-refractivity contribution is 5.45. The zero-order chi connectivity index (χ0) is 13.9. The third-order valence-corrected chi connectivity index (χ3v) is 4.09. The molecule has 1 aliphatic carbocycles. The lowest BCUT2D eigenvalue weighted by Crippen LogP contribution is -2.47. The van der Waals surface area contributed by atoms with E-state index in [9.17, 15) is 0 Å². The third-order valence-electron chi connectivity index (χ3n) is 4.09. The van der Waals surface area contributed by atoms with Crippen molar-refractivity contribution in [3.63, 3.8) is 0 Å². The van der Waals surface area contributed by atoms with E-state index in [2.05, 4.69) is 38.1 Å². The Bertz CT molecular complexity index is 450. The summed E-state index contributed by atoms with van der Waals surface area (Å²) in [4.78, 5) is 14.0. The molecule has 2 aliphatic rings. The molecule has 3 rings (SSSR count). The first-order valence-electron chi connectivity index (χ1n) is 7.81. The van der Waals surface area contributed by atoms with Gasteiger partial charge in [0, 0.05) is 51.0 Å². The van der Waals surface area contributed by atoms with Gasteiger partial charge in [-0.3, -0.25) is 4.90 Å². The van der Waals surface area contributed by atoms with Gasteiger partial charge in [0.2, 0.25) is 5.95 Å². The van der Waals surface area contributed by atoms with Crippen molar-refractivity contribution in [2.45, 2.75) is 26.7 Å². The molecule has 1 aliphatic heterocycles. The molecule has 20 heavy (non-hydrogen) atoms. The van der Waals surface area contributed by atoms with Gasteiger partial charge in [-0.25, -0.2) is 4.98 Å². The van der Waals surface area contributed by atoms with Crippen LogP contribution in [-0.4, -0.2) is 54.1 Å². The fourth-order valence-electron chi connectivity index (χ4n) is 2.78. The first kappa shape index (κ1) is 13.6. The minimum atomic E-state index is 0.753. The molecule has 1 saturated carbocycles. The van der Waals surface area contributed by atoms with Gasteiger partial charge in [0.15, 0.2) is 0 Å². The molecule has 2 heterocycles. The standard InChI is InChI=1S/C15H25N5/c1-3-16-15-17-12(2)10-14(18-15)20-8-6-19(7-9-20)11-13-4-5-13/h10,13H,3-9,11H2,1-2H3,(H,16,17,18). The highest BCUT2D eigenvalue weighted by Gasteiger charge is 2.26. The Balaban J connectivity index is 1.61. The van der Waals surface area contributed by atoms with Crippen molar-refractivity contribution in [2.75, 3.05) is 49.5 Å². The lowest BCUT2D eigenvalue weighted by atomic mass is 10.2. The number of rotatable bonds is 5. The number of aryl methyl sites for hydroxylation is 1. The normalized spacial score (nSPS) is 20.2. The summed E-state index contributed by atoms with van der Waals surface area (Å²) in [6, 6.07) is 2.09. The second-order valence-electron chi connectivity index (χ2n) is 5.95. The summed E-state index contributed by atoms with van der Waals surface area (Å²) in [5, 5.41) is 3.21. The molecule has 0 radical (unpaired) electrons. The molecule has 0 amide bonds. The molecule has 1 aromatic rings. The Hall–Kier alpha value is -1.36. The molecule has 0 atom stereocenters. The van der Waals surface area contributed by atoms with Crippen molar-refractivity contribution in [2.24, 2.45) is 5.92 Å². The van der Waals surface area contributed by atoms with Crippen LogP contribution in [0, 0.1) is 12.8 Å². The number of anilines is 2. The molecule has 1 aromatic heterocycles. The maximum Gasteiger partial charge on any atom is 0.224 e. The smallest absolute Gasteiger partial charge is 0.224 e. The van der Waals surface area contributed by atoms with Gasteiger partial charge in [-0.05, 0) is 32.6 Å². The van der Waals surface area contributed by atoms with Gasteiger partial charge < -0.3 is 10.2 Å². The second-order valence-corrected chi connectivity index (χ2v) is 5.95. The van der Waals surface area contributed by atoms with Gasteiger partial charge in [0.1, 0.15) is 5.82 Å². The predicted molar refractivity (Wildman–Crippen MR) is 82.3 cm³/mol. The van der Waals surface area contributed by atoms with E-state index in [4.69, 9.17) is 0 Å². The topological polar surface area (TPSA) is 44.3 Å². The molecule has 0 spiro atoms. The number of hydrogen-bond acceptors (Lipinski definition) is 5. The third kappa shape index (κ3) is 3.39. The number of nitrogens with one attached hydrogen (secondary N) is 1. The van der Waals surface area contributed by atoms with Gasteiger partial charge in [0.25, 0.3) is 0 Å². The maximum atomic E-state index is 4.63. The largest absolute Gasteiger partial charge is 0.354 e. The summed E-state index contributed by atoms with van der Waals surface area (Å²) in [5.41, 5.74) is 1.03. The SMILES string of the molecule is CCNc1nc(C)cc(N2CCN(CC3CC3)CC2)n1. The Kier molecular flexibility index (Phi) is 4.05. The molecular formula is C15H25N5. The van der Waals surface area contributed by atoms with Crippen LogP contribution in [0.1, 0.15) is 25.5 Å². The maximum absolute atomic E-state index is 4.63. The molecule has 0 unspecified atom stereocenters. The average molecular weight is 275 g/mol. The lowest BCUT2D eigenvalue weighted by Gasteiger charge is -2.35. The van der Waals surface area contributed by atoms with Crippen molar-refractivity contribution >= 4 is 11.8 Å². The number of aromatic nitrogens is 2.